The molecule has 110 valence electrons. The molecule has 2 aromatic carbocycles. The highest BCUT2D eigenvalue weighted by Gasteiger charge is 2.08. The number of azide groups is 2. The van der Waals surface area contributed by atoms with Crippen LogP contribution < -0.4 is 5.63 Å². The van der Waals surface area contributed by atoms with Gasteiger partial charge in [-0.25, -0.2) is 4.79 Å². The summed E-state index contributed by atoms with van der Waals surface area (Å²) in [6.45, 7) is 0. The Morgan fingerprint density at radius 3 is 2.22 bits per heavy atom. The van der Waals surface area contributed by atoms with Crippen LogP contribution in [-0.2, 0) is 0 Å². The molecule has 1 aromatic heterocycles. The average Bonchev–Trinajstić information content (AvgIpc) is 2.56. The summed E-state index contributed by atoms with van der Waals surface area (Å²) in [5.74, 6) is 0. The van der Waals surface area contributed by atoms with Crippen molar-refractivity contribution in [1.82, 2.24) is 0 Å². The number of benzene rings is 2. The Bertz CT molecular complexity index is 1040. The van der Waals surface area contributed by atoms with Gasteiger partial charge in [-0.2, -0.15) is 0 Å². The van der Waals surface area contributed by atoms with Gasteiger partial charge in [0.25, 0.3) is 0 Å². The lowest BCUT2D eigenvalue weighted by Gasteiger charge is -2.03. The van der Waals surface area contributed by atoms with Crippen molar-refractivity contribution in [3.63, 3.8) is 0 Å². The van der Waals surface area contributed by atoms with Crippen molar-refractivity contribution in [2.45, 2.75) is 0 Å². The smallest absolute Gasteiger partial charge is 0.344 e. The van der Waals surface area contributed by atoms with Crippen LogP contribution in [0.1, 0.15) is 0 Å². The summed E-state index contributed by atoms with van der Waals surface area (Å²) in [5.41, 5.74) is 18.7. The summed E-state index contributed by atoms with van der Waals surface area (Å²) in [5, 5.41) is 7.65. The van der Waals surface area contributed by atoms with E-state index in [1.807, 2.05) is 0 Å². The SMILES string of the molecule is [N-]=[N+]=Nc1ccc(-c2cc3cc(N=[N+]=[N-])ccc3oc2=O)cc1. The summed E-state index contributed by atoms with van der Waals surface area (Å²) < 4.78 is 5.29. The molecule has 0 bridgehead atoms. The molecule has 0 aliphatic heterocycles. The molecule has 3 aromatic rings. The van der Waals surface area contributed by atoms with Crippen LogP contribution in [0.5, 0.6) is 0 Å². The number of hydrogen-bond donors (Lipinski definition) is 0. The molecule has 0 saturated heterocycles. The Morgan fingerprint density at radius 1 is 0.870 bits per heavy atom. The second-order valence-electron chi connectivity index (χ2n) is 4.60. The highest BCUT2D eigenvalue weighted by molar-refractivity contribution is 5.84. The van der Waals surface area contributed by atoms with Gasteiger partial charge in [-0.15, -0.1) is 0 Å². The zero-order chi connectivity index (χ0) is 16.2. The molecule has 0 N–H and O–H groups in total. The topological polar surface area (TPSA) is 128 Å². The maximum atomic E-state index is 12.1. The molecule has 0 aliphatic carbocycles. The number of fused-ring (bicyclic) bond motifs is 1. The summed E-state index contributed by atoms with van der Waals surface area (Å²) >= 11 is 0. The molecule has 8 nitrogen and oxygen atoms in total. The predicted octanol–water partition coefficient (Wildman–Crippen LogP) is 5.34. The molecule has 1 heterocycles. The van der Waals surface area contributed by atoms with Gasteiger partial charge in [-0.3, -0.25) is 0 Å². The van der Waals surface area contributed by atoms with Crippen molar-refractivity contribution >= 4 is 22.3 Å². The highest BCUT2D eigenvalue weighted by Crippen LogP contribution is 2.26. The van der Waals surface area contributed by atoms with Crippen molar-refractivity contribution in [3.05, 3.63) is 79.8 Å². The molecule has 0 aliphatic rings. The van der Waals surface area contributed by atoms with E-state index in [-0.39, 0.29) is 0 Å². The van der Waals surface area contributed by atoms with Gasteiger partial charge in [-0.05, 0) is 40.9 Å². The van der Waals surface area contributed by atoms with E-state index in [4.69, 9.17) is 15.5 Å². The predicted molar refractivity (Wildman–Crippen MR) is 85.5 cm³/mol. The fourth-order valence-corrected chi connectivity index (χ4v) is 2.19. The van der Waals surface area contributed by atoms with Crippen molar-refractivity contribution in [3.8, 4) is 11.1 Å². The van der Waals surface area contributed by atoms with Gasteiger partial charge in [0.1, 0.15) is 5.58 Å². The molecule has 0 atom stereocenters. The molecule has 0 saturated carbocycles. The molecule has 8 heteroatoms. The van der Waals surface area contributed by atoms with Crippen LogP contribution in [0.2, 0.25) is 0 Å². The van der Waals surface area contributed by atoms with Crippen LogP contribution in [0.4, 0.5) is 11.4 Å². The van der Waals surface area contributed by atoms with E-state index in [0.29, 0.717) is 33.5 Å². The van der Waals surface area contributed by atoms with Crippen LogP contribution in [0.25, 0.3) is 43.0 Å². The van der Waals surface area contributed by atoms with Gasteiger partial charge in [0.2, 0.25) is 0 Å². The van der Waals surface area contributed by atoms with Crippen molar-refractivity contribution in [2.75, 3.05) is 0 Å². The van der Waals surface area contributed by atoms with Crippen LogP contribution in [0, 0.1) is 0 Å². The third kappa shape index (κ3) is 2.84. The monoisotopic (exact) mass is 304 g/mol. The van der Waals surface area contributed by atoms with Crippen LogP contribution in [0.15, 0.2) is 68.0 Å². The number of rotatable bonds is 3. The van der Waals surface area contributed by atoms with E-state index < -0.39 is 5.63 Å². The molecule has 3 rings (SSSR count). The Kier molecular flexibility index (Phi) is 3.68. The first-order valence-corrected chi connectivity index (χ1v) is 6.50. The maximum Gasteiger partial charge on any atom is 0.344 e. The Morgan fingerprint density at radius 2 is 1.52 bits per heavy atom. The first kappa shape index (κ1) is 14.2. The third-order valence-corrected chi connectivity index (χ3v) is 3.21. The zero-order valence-corrected chi connectivity index (χ0v) is 11.6. The number of nitrogens with zero attached hydrogens (tertiary/aromatic N) is 6. The van der Waals surface area contributed by atoms with Gasteiger partial charge in [0, 0.05) is 26.6 Å². The van der Waals surface area contributed by atoms with Gasteiger partial charge >= 0.3 is 5.63 Å². The average molecular weight is 304 g/mol. The summed E-state index contributed by atoms with van der Waals surface area (Å²) in [6, 6.07) is 13.0. The van der Waals surface area contributed by atoms with E-state index in [1.54, 1.807) is 48.5 Å². The lowest BCUT2D eigenvalue weighted by atomic mass is 10.1. The molecular weight excluding hydrogens is 296 g/mol. The van der Waals surface area contributed by atoms with Gasteiger partial charge in [0.15, 0.2) is 0 Å². The van der Waals surface area contributed by atoms with Crippen molar-refractivity contribution in [2.24, 2.45) is 10.2 Å². The minimum absolute atomic E-state index is 0.364. The highest BCUT2D eigenvalue weighted by atomic mass is 16.4. The van der Waals surface area contributed by atoms with Crippen LogP contribution >= 0.6 is 0 Å². The van der Waals surface area contributed by atoms with Gasteiger partial charge < -0.3 is 4.42 Å². The van der Waals surface area contributed by atoms with Gasteiger partial charge in [-0.1, -0.05) is 34.5 Å². The Balaban J connectivity index is 2.16. The van der Waals surface area contributed by atoms with E-state index in [9.17, 15) is 4.79 Å². The quantitative estimate of drug-likeness (QED) is 0.280. The van der Waals surface area contributed by atoms with Crippen molar-refractivity contribution in [1.29, 1.82) is 0 Å². The van der Waals surface area contributed by atoms with E-state index in [0.717, 1.165) is 0 Å². The minimum Gasteiger partial charge on any atom is -0.422 e. The first-order chi connectivity index (χ1) is 11.2. The second-order valence-corrected chi connectivity index (χ2v) is 4.60. The van der Waals surface area contributed by atoms with E-state index in [2.05, 4.69) is 20.1 Å². The van der Waals surface area contributed by atoms with Crippen LogP contribution in [-0.4, -0.2) is 0 Å². The summed E-state index contributed by atoms with van der Waals surface area (Å²) in [4.78, 5) is 17.6. The normalized spacial score (nSPS) is 9.91. The summed E-state index contributed by atoms with van der Waals surface area (Å²) in [6.07, 6.45) is 0. The molecule has 0 fully saturated rings. The molecule has 0 radical (unpaired) electrons. The van der Waals surface area contributed by atoms with Gasteiger partial charge in [0.05, 0.1) is 5.56 Å². The first-order valence-electron chi connectivity index (χ1n) is 6.50. The van der Waals surface area contributed by atoms with E-state index >= 15 is 0 Å². The Hall–Kier alpha value is -3.73. The zero-order valence-electron chi connectivity index (χ0n) is 11.6. The van der Waals surface area contributed by atoms with E-state index in [1.165, 1.54) is 0 Å². The standard InChI is InChI=1S/C15H8N6O2/c16-20-18-11-3-1-9(2-4-11)13-8-10-7-12(19-21-17)5-6-14(10)23-15(13)22/h1-8H. The molecule has 0 unspecified atom stereocenters. The lowest BCUT2D eigenvalue weighted by Crippen LogP contribution is -2.02. The van der Waals surface area contributed by atoms with Crippen molar-refractivity contribution < 1.29 is 4.42 Å². The minimum atomic E-state index is -0.481. The fourth-order valence-electron chi connectivity index (χ4n) is 2.19. The largest absolute Gasteiger partial charge is 0.422 e. The molecule has 0 amide bonds. The maximum absolute atomic E-state index is 12.1. The second kappa shape index (κ2) is 5.95. The van der Waals surface area contributed by atoms with Crippen LogP contribution in [0.3, 0.4) is 0 Å². The molecule has 0 spiro atoms. The third-order valence-electron chi connectivity index (χ3n) is 3.21. The lowest BCUT2D eigenvalue weighted by molar-refractivity contribution is 0.563. The number of hydrogen-bond acceptors (Lipinski definition) is 4. The molecule has 23 heavy (non-hydrogen) atoms. The summed E-state index contributed by atoms with van der Waals surface area (Å²) in [7, 11) is 0. The molecular formula is C15H8N6O2. The Labute approximate surface area is 128 Å². The fraction of sp³-hybridized carbons (Fsp3) is 0.